The summed E-state index contributed by atoms with van der Waals surface area (Å²) in [5.41, 5.74) is 7.58. The molecule has 0 aliphatic rings. The maximum absolute atomic E-state index is 12.7. The van der Waals surface area contributed by atoms with E-state index >= 15 is 0 Å². The van der Waals surface area contributed by atoms with Gasteiger partial charge in [-0.15, -0.1) is 0 Å². The Labute approximate surface area is 110 Å². The molecule has 0 saturated carbocycles. The van der Waals surface area contributed by atoms with E-state index in [4.69, 9.17) is 5.73 Å². The molecule has 0 fully saturated rings. The highest BCUT2D eigenvalue weighted by atomic mass is 19.1. The van der Waals surface area contributed by atoms with Crippen LogP contribution < -0.4 is 11.1 Å². The molecule has 1 heterocycles. The number of anilines is 2. The molecular weight excluding hydrogens is 245 g/mol. The first-order valence-electron chi connectivity index (χ1n) is 5.84. The summed E-state index contributed by atoms with van der Waals surface area (Å²) in [7, 11) is 0. The number of nitrogens with one attached hydrogen (secondary N) is 1. The molecule has 0 spiro atoms. The molecule has 4 nitrogen and oxygen atoms in total. The number of pyridine rings is 1. The summed E-state index contributed by atoms with van der Waals surface area (Å²) >= 11 is 0. The Hall–Kier alpha value is -2.43. The van der Waals surface area contributed by atoms with E-state index in [1.54, 1.807) is 25.1 Å². The third-order valence-electron chi connectivity index (χ3n) is 2.80. The summed E-state index contributed by atoms with van der Waals surface area (Å²) in [5, 5.41) is 2.68. The molecular formula is C14H14FN3O. The first-order valence-corrected chi connectivity index (χ1v) is 5.84. The smallest absolute Gasteiger partial charge is 0.231 e. The number of nitrogens with zero attached hydrogens (tertiary/aromatic N) is 1. The van der Waals surface area contributed by atoms with Crippen molar-refractivity contribution in [1.82, 2.24) is 4.98 Å². The average Bonchev–Trinajstić information content (AvgIpc) is 2.40. The molecule has 0 aliphatic carbocycles. The molecule has 0 bridgehead atoms. The minimum atomic E-state index is -0.582. The monoisotopic (exact) mass is 259 g/mol. The van der Waals surface area contributed by atoms with Crippen LogP contribution in [0.2, 0.25) is 0 Å². The fourth-order valence-electron chi connectivity index (χ4n) is 1.68. The van der Waals surface area contributed by atoms with Gasteiger partial charge in [0, 0.05) is 5.69 Å². The van der Waals surface area contributed by atoms with Gasteiger partial charge in [-0.3, -0.25) is 4.79 Å². The van der Waals surface area contributed by atoms with Gasteiger partial charge >= 0.3 is 0 Å². The van der Waals surface area contributed by atoms with Crippen molar-refractivity contribution in [2.24, 2.45) is 0 Å². The lowest BCUT2D eigenvalue weighted by Crippen LogP contribution is -2.19. The molecule has 5 heteroatoms. The third-order valence-corrected chi connectivity index (χ3v) is 2.80. The van der Waals surface area contributed by atoms with Crippen LogP contribution in [0.25, 0.3) is 0 Å². The number of nitrogen functional groups attached to an aromatic ring is 1. The van der Waals surface area contributed by atoms with Crippen LogP contribution in [-0.4, -0.2) is 10.9 Å². The average molecular weight is 259 g/mol. The van der Waals surface area contributed by atoms with E-state index in [2.05, 4.69) is 10.3 Å². The van der Waals surface area contributed by atoms with Gasteiger partial charge in [-0.1, -0.05) is 12.1 Å². The molecule has 2 rings (SSSR count). The van der Waals surface area contributed by atoms with E-state index < -0.39 is 5.95 Å². The van der Waals surface area contributed by atoms with Crippen LogP contribution in [0.1, 0.15) is 18.4 Å². The summed E-state index contributed by atoms with van der Waals surface area (Å²) in [4.78, 5) is 15.5. The maximum Gasteiger partial charge on any atom is 0.231 e. The van der Waals surface area contributed by atoms with E-state index in [0.717, 1.165) is 5.56 Å². The number of hydrogen-bond donors (Lipinski definition) is 2. The quantitative estimate of drug-likeness (QED) is 0.657. The number of rotatable bonds is 3. The lowest BCUT2D eigenvalue weighted by Gasteiger charge is -2.12. The number of aromatic nitrogens is 1. The van der Waals surface area contributed by atoms with Gasteiger partial charge in [0.05, 0.1) is 17.8 Å². The minimum absolute atomic E-state index is 0.195. The fourth-order valence-corrected chi connectivity index (χ4v) is 1.68. The molecule has 2 aromatic rings. The molecule has 1 amide bonds. The van der Waals surface area contributed by atoms with Crippen LogP contribution >= 0.6 is 0 Å². The Morgan fingerprint density at radius 2 is 2.16 bits per heavy atom. The second-order valence-corrected chi connectivity index (χ2v) is 4.25. The molecule has 19 heavy (non-hydrogen) atoms. The van der Waals surface area contributed by atoms with Crippen LogP contribution in [0.4, 0.5) is 15.8 Å². The van der Waals surface area contributed by atoms with E-state index in [0.29, 0.717) is 11.4 Å². The second kappa shape index (κ2) is 5.48. The Kier molecular flexibility index (Phi) is 3.75. The first-order chi connectivity index (χ1) is 9.06. The van der Waals surface area contributed by atoms with Crippen molar-refractivity contribution in [3.8, 4) is 0 Å². The van der Waals surface area contributed by atoms with E-state index in [1.807, 2.05) is 6.07 Å². The number of carbonyl (C=O) groups excluding carboxylic acids is 1. The van der Waals surface area contributed by atoms with Gasteiger partial charge in [-0.05, 0) is 36.8 Å². The van der Waals surface area contributed by atoms with Crippen LogP contribution in [0.3, 0.4) is 0 Å². The molecule has 1 aromatic heterocycles. The van der Waals surface area contributed by atoms with Gasteiger partial charge in [0.2, 0.25) is 11.9 Å². The predicted octanol–water partition coefficient (Wildman–Crippen LogP) is 2.55. The molecule has 98 valence electrons. The maximum atomic E-state index is 12.7. The van der Waals surface area contributed by atoms with Crippen molar-refractivity contribution >= 4 is 17.3 Å². The van der Waals surface area contributed by atoms with Crippen molar-refractivity contribution in [2.75, 3.05) is 11.1 Å². The topological polar surface area (TPSA) is 68.0 Å². The molecule has 1 atom stereocenters. The van der Waals surface area contributed by atoms with Gasteiger partial charge in [-0.2, -0.15) is 4.39 Å². The van der Waals surface area contributed by atoms with Crippen molar-refractivity contribution < 1.29 is 9.18 Å². The van der Waals surface area contributed by atoms with Crippen LogP contribution in [0.5, 0.6) is 0 Å². The van der Waals surface area contributed by atoms with Crippen molar-refractivity contribution in [1.29, 1.82) is 0 Å². The second-order valence-electron chi connectivity index (χ2n) is 4.25. The molecule has 0 radical (unpaired) electrons. The molecule has 1 unspecified atom stereocenters. The van der Waals surface area contributed by atoms with Crippen LogP contribution in [0, 0.1) is 5.95 Å². The summed E-state index contributed by atoms with van der Waals surface area (Å²) in [5.74, 6) is -1.13. The zero-order chi connectivity index (χ0) is 13.8. The highest BCUT2D eigenvalue weighted by molar-refractivity contribution is 5.95. The number of halogens is 1. The van der Waals surface area contributed by atoms with Crippen LogP contribution in [0.15, 0.2) is 42.6 Å². The highest BCUT2D eigenvalue weighted by Crippen LogP contribution is 2.19. The van der Waals surface area contributed by atoms with Gasteiger partial charge < -0.3 is 11.1 Å². The summed E-state index contributed by atoms with van der Waals surface area (Å²) in [6, 6.07) is 9.82. The van der Waals surface area contributed by atoms with Crippen molar-refractivity contribution in [3.05, 3.63) is 54.1 Å². The number of carbonyl (C=O) groups is 1. The van der Waals surface area contributed by atoms with Gasteiger partial charge in [0.25, 0.3) is 0 Å². The normalized spacial score (nSPS) is 11.9. The number of benzene rings is 1. The number of hydrogen-bond acceptors (Lipinski definition) is 3. The summed E-state index contributed by atoms with van der Waals surface area (Å²) in [6.45, 7) is 1.78. The molecule has 1 aromatic carbocycles. The Bertz CT molecular complexity index is 583. The number of amides is 1. The minimum Gasteiger partial charge on any atom is -0.399 e. The molecule has 0 saturated heterocycles. The molecule has 3 N–H and O–H groups in total. The van der Waals surface area contributed by atoms with Crippen LogP contribution in [-0.2, 0) is 4.79 Å². The zero-order valence-corrected chi connectivity index (χ0v) is 10.4. The summed E-state index contributed by atoms with van der Waals surface area (Å²) < 4.78 is 12.7. The van der Waals surface area contributed by atoms with E-state index in [9.17, 15) is 9.18 Å². The zero-order valence-electron chi connectivity index (χ0n) is 10.4. The third kappa shape index (κ3) is 3.28. The summed E-state index contributed by atoms with van der Waals surface area (Å²) in [6.07, 6.45) is 1.28. The van der Waals surface area contributed by atoms with Gasteiger partial charge in [-0.25, -0.2) is 4.98 Å². The molecule has 0 aliphatic heterocycles. The highest BCUT2D eigenvalue weighted by Gasteiger charge is 2.15. The van der Waals surface area contributed by atoms with Crippen molar-refractivity contribution in [3.63, 3.8) is 0 Å². The fraction of sp³-hybridized carbons (Fsp3) is 0.143. The first kappa shape index (κ1) is 13.0. The van der Waals surface area contributed by atoms with Gasteiger partial charge in [0.1, 0.15) is 0 Å². The SMILES string of the molecule is CC(C(=O)Nc1ccc(F)nc1)c1cccc(N)c1. The Morgan fingerprint density at radius 3 is 2.79 bits per heavy atom. The van der Waals surface area contributed by atoms with E-state index in [-0.39, 0.29) is 11.8 Å². The van der Waals surface area contributed by atoms with Gasteiger partial charge in [0.15, 0.2) is 0 Å². The largest absolute Gasteiger partial charge is 0.399 e. The Balaban J connectivity index is 2.09. The lowest BCUT2D eigenvalue weighted by molar-refractivity contribution is -0.117. The lowest BCUT2D eigenvalue weighted by atomic mass is 10.00. The number of nitrogens with two attached hydrogens (primary N) is 1. The van der Waals surface area contributed by atoms with E-state index in [1.165, 1.54) is 18.3 Å². The Morgan fingerprint density at radius 1 is 1.37 bits per heavy atom. The standard InChI is InChI=1S/C14H14FN3O/c1-9(10-3-2-4-11(16)7-10)14(19)18-12-5-6-13(15)17-8-12/h2-9H,16H2,1H3,(H,18,19). The van der Waals surface area contributed by atoms with Crippen molar-refractivity contribution in [2.45, 2.75) is 12.8 Å². The predicted molar refractivity (Wildman–Crippen MR) is 72.1 cm³/mol.